The summed E-state index contributed by atoms with van der Waals surface area (Å²) in [5.74, 6) is -0.0375. The van der Waals surface area contributed by atoms with Crippen molar-refractivity contribution < 1.29 is 17.9 Å². The Morgan fingerprint density at radius 2 is 1.62 bits per heavy atom. The number of sulfonamides is 1. The van der Waals surface area contributed by atoms with Crippen LogP contribution in [0.15, 0.2) is 59.5 Å². The molecule has 0 spiro atoms. The van der Waals surface area contributed by atoms with E-state index in [9.17, 15) is 13.2 Å². The van der Waals surface area contributed by atoms with Gasteiger partial charge in [0.25, 0.3) is 0 Å². The van der Waals surface area contributed by atoms with Crippen LogP contribution in [-0.2, 0) is 32.5 Å². The van der Waals surface area contributed by atoms with E-state index in [0.717, 1.165) is 12.0 Å². The molecule has 7 heteroatoms. The van der Waals surface area contributed by atoms with Gasteiger partial charge in [-0.15, -0.1) is 0 Å². The number of nitrogens with zero attached hydrogens (tertiary/aromatic N) is 2. The van der Waals surface area contributed by atoms with E-state index in [1.165, 1.54) is 15.4 Å². The maximum Gasteiger partial charge on any atom is 0.246 e. The van der Waals surface area contributed by atoms with Crippen molar-refractivity contribution in [3.8, 4) is 0 Å². The van der Waals surface area contributed by atoms with Crippen LogP contribution in [0.3, 0.4) is 0 Å². The summed E-state index contributed by atoms with van der Waals surface area (Å²) in [6, 6.07) is 14.8. The monoisotopic (exact) mass is 412 g/mol. The third-order valence-electron chi connectivity index (χ3n) is 5.35. The van der Waals surface area contributed by atoms with Crippen LogP contribution in [0.25, 0.3) is 6.08 Å². The second-order valence-corrected chi connectivity index (χ2v) is 9.14. The Balaban J connectivity index is 1.41. The minimum absolute atomic E-state index is 0.0375. The molecular formula is C22H24N2O4S. The first-order valence-electron chi connectivity index (χ1n) is 9.76. The Hall–Kier alpha value is -2.48. The highest BCUT2D eigenvalue weighted by Crippen LogP contribution is 2.20. The number of ether oxygens (including phenoxy) is 1. The first-order chi connectivity index (χ1) is 14.0. The second-order valence-electron chi connectivity index (χ2n) is 7.20. The minimum Gasteiger partial charge on any atom is -0.379 e. The number of fused-ring (bicyclic) bond motifs is 1. The zero-order chi connectivity index (χ0) is 20.3. The molecule has 1 saturated heterocycles. The van der Waals surface area contributed by atoms with Crippen LogP contribution in [0, 0.1) is 0 Å². The molecule has 2 aromatic rings. The average molecular weight is 413 g/mol. The summed E-state index contributed by atoms with van der Waals surface area (Å²) in [6.07, 6.45) is 4.15. The molecule has 0 atom stereocenters. The molecule has 152 valence electrons. The Morgan fingerprint density at radius 3 is 2.34 bits per heavy atom. The van der Waals surface area contributed by atoms with Crippen molar-refractivity contribution in [2.75, 3.05) is 32.8 Å². The van der Waals surface area contributed by atoms with Crippen LogP contribution in [0.5, 0.6) is 0 Å². The molecule has 0 bridgehead atoms. The standard InChI is InChI=1S/C22H24N2O4S/c25-22(23-12-11-19-3-1-2-4-20(19)17-23)10-7-18-5-8-21(9-6-18)29(26,27)24-13-15-28-16-14-24/h1-10H,11-17H2/b10-7+. The molecular weight excluding hydrogens is 388 g/mol. The molecule has 29 heavy (non-hydrogen) atoms. The Bertz CT molecular complexity index is 1010. The summed E-state index contributed by atoms with van der Waals surface area (Å²) in [5.41, 5.74) is 3.28. The van der Waals surface area contributed by atoms with E-state index in [1.54, 1.807) is 36.4 Å². The van der Waals surface area contributed by atoms with Crippen molar-refractivity contribution in [1.82, 2.24) is 9.21 Å². The Kier molecular flexibility index (Phi) is 5.80. The van der Waals surface area contributed by atoms with Gasteiger partial charge in [-0.3, -0.25) is 4.79 Å². The summed E-state index contributed by atoms with van der Waals surface area (Å²) in [6.45, 7) is 2.91. The number of hydrogen-bond donors (Lipinski definition) is 0. The lowest BCUT2D eigenvalue weighted by molar-refractivity contribution is -0.126. The third kappa shape index (κ3) is 4.42. The summed E-state index contributed by atoms with van der Waals surface area (Å²) in [7, 11) is -3.50. The van der Waals surface area contributed by atoms with Crippen molar-refractivity contribution in [2.45, 2.75) is 17.9 Å². The summed E-state index contributed by atoms with van der Waals surface area (Å²) in [4.78, 5) is 14.6. The molecule has 2 aliphatic heterocycles. The predicted molar refractivity (Wildman–Crippen MR) is 111 cm³/mol. The van der Waals surface area contributed by atoms with Gasteiger partial charge < -0.3 is 9.64 Å². The van der Waals surface area contributed by atoms with Gasteiger partial charge in [0.15, 0.2) is 0 Å². The molecule has 2 aliphatic rings. The van der Waals surface area contributed by atoms with Crippen LogP contribution in [0.2, 0.25) is 0 Å². The van der Waals surface area contributed by atoms with Crippen LogP contribution in [0.4, 0.5) is 0 Å². The fourth-order valence-corrected chi connectivity index (χ4v) is 5.05. The molecule has 0 radical (unpaired) electrons. The van der Waals surface area contributed by atoms with Gasteiger partial charge in [-0.25, -0.2) is 8.42 Å². The highest BCUT2D eigenvalue weighted by Gasteiger charge is 2.26. The number of carbonyl (C=O) groups excluding carboxylic acids is 1. The topological polar surface area (TPSA) is 66.9 Å². The normalized spacial score (nSPS) is 18.0. The maximum absolute atomic E-state index is 12.7. The first-order valence-corrected chi connectivity index (χ1v) is 11.2. The molecule has 0 N–H and O–H groups in total. The zero-order valence-electron chi connectivity index (χ0n) is 16.2. The molecule has 0 saturated carbocycles. The van der Waals surface area contributed by atoms with E-state index in [2.05, 4.69) is 12.1 Å². The van der Waals surface area contributed by atoms with E-state index in [0.29, 0.717) is 39.4 Å². The fourth-order valence-electron chi connectivity index (χ4n) is 3.64. The van der Waals surface area contributed by atoms with Crippen molar-refractivity contribution in [3.63, 3.8) is 0 Å². The predicted octanol–water partition coefficient (Wildman–Crippen LogP) is 2.31. The van der Waals surface area contributed by atoms with Gasteiger partial charge in [-0.1, -0.05) is 36.4 Å². The Labute approximate surface area is 171 Å². The lowest BCUT2D eigenvalue weighted by Crippen LogP contribution is -2.40. The van der Waals surface area contributed by atoms with Gasteiger partial charge in [0.1, 0.15) is 0 Å². The number of amides is 1. The van der Waals surface area contributed by atoms with Crippen LogP contribution < -0.4 is 0 Å². The van der Waals surface area contributed by atoms with Crippen LogP contribution in [0.1, 0.15) is 16.7 Å². The van der Waals surface area contributed by atoms with Crippen molar-refractivity contribution in [2.24, 2.45) is 0 Å². The highest BCUT2D eigenvalue weighted by molar-refractivity contribution is 7.89. The van der Waals surface area contributed by atoms with E-state index < -0.39 is 10.0 Å². The number of morpholine rings is 1. The SMILES string of the molecule is O=C(/C=C/c1ccc(S(=O)(=O)N2CCOCC2)cc1)N1CCc2ccccc2C1. The van der Waals surface area contributed by atoms with E-state index in [-0.39, 0.29) is 10.8 Å². The number of hydrogen-bond acceptors (Lipinski definition) is 4. The molecule has 6 nitrogen and oxygen atoms in total. The second kappa shape index (κ2) is 8.49. The smallest absolute Gasteiger partial charge is 0.246 e. The van der Waals surface area contributed by atoms with Gasteiger partial charge in [0.2, 0.25) is 15.9 Å². The van der Waals surface area contributed by atoms with Crippen molar-refractivity contribution in [1.29, 1.82) is 0 Å². The first kappa shape index (κ1) is 19.8. The lowest BCUT2D eigenvalue weighted by atomic mass is 10.00. The van der Waals surface area contributed by atoms with Gasteiger partial charge >= 0.3 is 0 Å². The quantitative estimate of drug-likeness (QED) is 0.723. The molecule has 0 aromatic heterocycles. The number of benzene rings is 2. The molecule has 0 aliphatic carbocycles. The molecule has 4 rings (SSSR count). The van der Waals surface area contributed by atoms with Gasteiger partial charge in [-0.2, -0.15) is 4.31 Å². The zero-order valence-corrected chi connectivity index (χ0v) is 17.0. The van der Waals surface area contributed by atoms with E-state index >= 15 is 0 Å². The Morgan fingerprint density at radius 1 is 0.931 bits per heavy atom. The van der Waals surface area contributed by atoms with E-state index in [4.69, 9.17) is 4.74 Å². The maximum atomic E-state index is 12.7. The summed E-state index contributed by atoms with van der Waals surface area (Å²) < 4.78 is 32.0. The van der Waals surface area contributed by atoms with Crippen LogP contribution >= 0.6 is 0 Å². The third-order valence-corrected chi connectivity index (χ3v) is 7.26. The van der Waals surface area contributed by atoms with E-state index in [1.807, 2.05) is 17.0 Å². The largest absolute Gasteiger partial charge is 0.379 e. The number of rotatable bonds is 4. The molecule has 2 aromatic carbocycles. The minimum atomic E-state index is -3.50. The average Bonchev–Trinajstić information content (AvgIpc) is 2.78. The van der Waals surface area contributed by atoms with Crippen molar-refractivity contribution >= 4 is 22.0 Å². The van der Waals surface area contributed by atoms with Crippen LogP contribution in [-0.4, -0.2) is 56.4 Å². The molecule has 0 unspecified atom stereocenters. The molecule has 1 amide bonds. The lowest BCUT2D eigenvalue weighted by Gasteiger charge is -2.27. The highest BCUT2D eigenvalue weighted by atomic mass is 32.2. The number of carbonyl (C=O) groups is 1. The van der Waals surface area contributed by atoms with Gasteiger partial charge in [-0.05, 0) is 41.3 Å². The van der Waals surface area contributed by atoms with Gasteiger partial charge in [0.05, 0.1) is 18.1 Å². The fraction of sp³-hybridized carbons (Fsp3) is 0.318. The summed E-state index contributed by atoms with van der Waals surface area (Å²) in [5, 5.41) is 0. The molecule has 2 heterocycles. The molecule has 1 fully saturated rings. The summed E-state index contributed by atoms with van der Waals surface area (Å²) >= 11 is 0. The van der Waals surface area contributed by atoms with Crippen molar-refractivity contribution in [3.05, 3.63) is 71.3 Å². The van der Waals surface area contributed by atoms with Gasteiger partial charge in [0, 0.05) is 32.3 Å².